The third-order valence-corrected chi connectivity index (χ3v) is 6.26. The van der Waals surface area contributed by atoms with Gasteiger partial charge in [0.1, 0.15) is 11.6 Å². The number of carboxylic acid groups (broad SMARTS) is 1. The van der Waals surface area contributed by atoms with Crippen LogP contribution >= 0.6 is 0 Å². The summed E-state index contributed by atoms with van der Waals surface area (Å²) in [5.74, 6) is -1.23. The summed E-state index contributed by atoms with van der Waals surface area (Å²) in [6.45, 7) is 0. The van der Waals surface area contributed by atoms with Crippen molar-refractivity contribution in [2.75, 3.05) is 0 Å². The number of rotatable bonds is 6. The maximum atomic E-state index is 11.0. The number of hydrogen-bond acceptors (Lipinski definition) is 2. The number of carboxylic acids is 1. The molecule has 0 spiro atoms. The zero-order valence-corrected chi connectivity index (χ0v) is 20.0. The van der Waals surface area contributed by atoms with Crippen LogP contribution in [0.15, 0.2) is 121 Å². The number of nitrogens with zero attached hydrogens (tertiary/aromatic N) is 1. The molecule has 5 aromatic rings. The molecule has 0 saturated carbocycles. The van der Waals surface area contributed by atoms with E-state index < -0.39 is 5.97 Å². The summed E-state index contributed by atoms with van der Waals surface area (Å²) in [6, 6.07) is 40.9. The van der Waals surface area contributed by atoms with E-state index in [1.807, 2.05) is 30.3 Å². The highest BCUT2D eigenvalue weighted by Gasteiger charge is 2.06. The highest BCUT2D eigenvalue weighted by Crippen LogP contribution is 2.26. The monoisotopic (exact) mass is 477 g/mol. The Balaban J connectivity index is 1.29. The van der Waals surface area contributed by atoms with Crippen molar-refractivity contribution in [3.05, 3.63) is 138 Å². The fraction of sp³-hybridized carbons (Fsp3) is 0. The molecule has 1 N–H and O–H groups in total. The molecule has 0 aromatic heterocycles. The summed E-state index contributed by atoms with van der Waals surface area (Å²) < 4.78 is 0. The summed E-state index contributed by atoms with van der Waals surface area (Å²) in [5.41, 5.74) is 7.15. The number of nitriles is 1. The molecule has 0 saturated heterocycles. The lowest BCUT2D eigenvalue weighted by Crippen LogP contribution is -1.97. The van der Waals surface area contributed by atoms with Gasteiger partial charge in [-0.25, -0.2) is 4.79 Å². The molecular weight excluding hydrogens is 454 g/mol. The lowest BCUT2D eigenvalue weighted by molar-refractivity contribution is -0.132. The maximum Gasteiger partial charge on any atom is 0.346 e. The predicted molar refractivity (Wildman–Crippen MR) is 151 cm³/mol. The minimum atomic E-state index is -1.23. The van der Waals surface area contributed by atoms with Crippen LogP contribution in [-0.4, -0.2) is 11.1 Å². The van der Waals surface area contributed by atoms with Gasteiger partial charge in [-0.2, -0.15) is 5.26 Å². The summed E-state index contributed by atoms with van der Waals surface area (Å²) >= 11 is 0. The zero-order valence-electron chi connectivity index (χ0n) is 20.0. The van der Waals surface area contributed by atoms with Gasteiger partial charge in [-0.1, -0.05) is 115 Å². The van der Waals surface area contributed by atoms with E-state index in [2.05, 4.69) is 97.1 Å². The van der Waals surface area contributed by atoms with E-state index in [0.29, 0.717) is 5.56 Å². The Morgan fingerprint density at radius 2 is 1.11 bits per heavy atom. The van der Waals surface area contributed by atoms with Gasteiger partial charge in [0.15, 0.2) is 0 Å². The summed E-state index contributed by atoms with van der Waals surface area (Å²) in [7, 11) is 0. The molecule has 0 atom stereocenters. The van der Waals surface area contributed by atoms with Gasteiger partial charge in [0.2, 0.25) is 0 Å². The average molecular weight is 478 g/mol. The zero-order chi connectivity index (χ0) is 25.6. The Kier molecular flexibility index (Phi) is 6.74. The van der Waals surface area contributed by atoms with Gasteiger partial charge in [-0.3, -0.25) is 0 Å². The van der Waals surface area contributed by atoms with Crippen molar-refractivity contribution in [3.8, 4) is 28.3 Å². The SMILES string of the molecule is N#C/C(=C/c1ccc(-c2ccc(/C=C/c3ccc4cc(-c5ccccc5)ccc4c3)cc2)cc1)C(=O)O. The summed E-state index contributed by atoms with van der Waals surface area (Å²) in [6.07, 6.45) is 5.59. The molecular formula is C34H23NO2. The fourth-order valence-electron chi connectivity index (χ4n) is 4.24. The largest absolute Gasteiger partial charge is 0.477 e. The van der Waals surface area contributed by atoms with Crippen LogP contribution in [0, 0.1) is 11.3 Å². The Labute approximate surface area is 215 Å². The van der Waals surface area contributed by atoms with Gasteiger partial charge >= 0.3 is 5.97 Å². The molecule has 5 aromatic carbocycles. The van der Waals surface area contributed by atoms with Gasteiger partial charge < -0.3 is 5.11 Å². The van der Waals surface area contributed by atoms with E-state index in [9.17, 15) is 4.79 Å². The molecule has 0 aliphatic carbocycles. The van der Waals surface area contributed by atoms with Crippen molar-refractivity contribution in [3.63, 3.8) is 0 Å². The molecule has 3 nitrogen and oxygen atoms in total. The van der Waals surface area contributed by atoms with Crippen molar-refractivity contribution in [2.45, 2.75) is 0 Å². The van der Waals surface area contributed by atoms with Crippen LogP contribution in [0.4, 0.5) is 0 Å². The topological polar surface area (TPSA) is 61.1 Å². The van der Waals surface area contributed by atoms with Crippen molar-refractivity contribution >= 4 is 35.0 Å². The number of carbonyl (C=O) groups is 1. The summed E-state index contributed by atoms with van der Waals surface area (Å²) in [5, 5.41) is 20.4. The van der Waals surface area contributed by atoms with E-state index in [1.54, 1.807) is 6.07 Å². The van der Waals surface area contributed by atoms with E-state index in [-0.39, 0.29) is 5.57 Å². The van der Waals surface area contributed by atoms with Crippen LogP contribution in [0.5, 0.6) is 0 Å². The maximum absolute atomic E-state index is 11.0. The van der Waals surface area contributed by atoms with Crippen molar-refractivity contribution in [2.24, 2.45) is 0 Å². The molecule has 3 heteroatoms. The molecule has 37 heavy (non-hydrogen) atoms. The van der Waals surface area contributed by atoms with Crippen LogP contribution in [0.1, 0.15) is 16.7 Å². The van der Waals surface area contributed by atoms with Crippen LogP contribution < -0.4 is 0 Å². The van der Waals surface area contributed by atoms with Crippen LogP contribution in [0.2, 0.25) is 0 Å². The Hall–Kier alpha value is -5.20. The van der Waals surface area contributed by atoms with Gasteiger partial charge in [0.05, 0.1) is 0 Å². The van der Waals surface area contributed by atoms with Crippen molar-refractivity contribution in [1.29, 1.82) is 5.26 Å². The Morgan fingerprint density at radius 3 is 1.76 bits per heavy atom. The highest BCUT2D eigenvalue weighted by molar-refractivity contribution is 5.96. The van der Waals surface area contributed by atoms with Crippen LogP contribution in [-0.2, 0) is 4.79 Å². The van der Waals surface area contributed by atoms with Crippen molar-refractivity contribution in [1.82, 2.24) is 0 Å². The standard InChI is InChI=1S/C34H23NO2/c35-23-33(34(36)37)21-26-10-15-29(16-11-26)28-13-8-24(9-14-28)6-7-25-12-17-32-22-31(19-18-30(32)20-25)27-4-2-1-3-5-27/h1-22H,(H,36,37)/b7-6+,33-21-. The molecule has 176 valence electrons. The molecule has 0 bridgehead atoms. The first-order chi connectivity index (χ1) is 18.1. The minimum Gasteiger partial charge on any atom is -0.477 e. The smallest absolute Gasteiger partial charge is 0.346 e. The van der Waals surface area contributed by atoms with Crippen molar-refractivity contribution < 1.29 is 9.90 Å². The first kappa shape index (κ1) is 23.5. The lowest BCUT2D eigenvalue weighted by Gasteiger charge is -2.05. The molecule has 0 radical (unpaired) electrons. The first-order valence-electron chi connectivity index (χ1n) is 11.9. The number of fused-ring (bicyclic) bond motifs is 1. The number of hydrogen-bond donors (Lipinski definition) is 1. The lowest BCUT2D eigenvalue weighted by atomic mass is 9.99. The van der Waals surface area contributed by atoms with Gasteiger partial charge in [-0.05, 0) is 67.9 Å². The van der Waals surface area contributed by atoms with Gasteiger partial charge in [0.25, 0.3) is 0 Å². The molecule has 0 fully saturated rings. The molecule has 0 unspecified atom stereocenters. The number of benzene rings is 5. The van der Waals surface area contributed by atoms with E-state index in [1.165, 1.54) is 28.0 Å². The quantitative estimate of drug-likeness (QED) is 0.152. The third-order valence-electron chi connectivity index (χ3n) is 6.26. The number of aliphatic carboxylic acids is 1. The Morgan fingerprint density at radius 1 is 0.595 bits per heavy atom. The predicted octanol–water partition coefficient (Wildman–Crippen LogP) is 8.34. The van der Waals surface area contributed by atoms with Crippen LogP contribution in [0.3, 0.4) is 0 Å². The van der Waals surface area contributed by atoms with E-state index in [4.69, 9.17) is 10.4 Å². The van der Waals surface area contributed by atoms with E-state index >= 15 is 0 Å². The molecule has 0 heterocycles. The fourth-order valence-corrected chi connectivity index (χ4v) is 4.24. The summed E-state index contributed by atoms with van der Waals surface area (Å²) in [4.78, 5) is 11.0. The van der Waals surface area contributed by atoms with E-state index in [0.717, 1.165) is 22.3 Å². The molecule has 0 aliphatic heterocycles. The second kappa shape index (κ2) is 10.6. The van der Waals surface area contributed by atoms with Gasteiger partial charge in [0, 0.05) is 0 Å². The third kappa shape index (κ3) is 5.56. The Bertz CT molecular complexity index is 1670. The first-order valence-corrected chi connectivity index (χ1v) is 11.9. The average Bonchev–Trinajstić information content (AvgIpc) is 2.95. The molecule has 5 rings (SSSR count). The highest BCUT2D eigenvalue weighted by atomic mass is 16.4. The second-order valence-corrected chi connectivity index (χ2v) is 8.74. The minimum absolute atomic E-state index is 0.285. The van der Waals surface area contributed by atoms with Gasteiger partial charge in [-0.15, -0.1) is 0 Å². The normalized spacial score (nSPS) is 11.5. The molecule has 0 aliphatic rings. The molecule has 0 amide bonds. The van der Waals surface area contributed by atoms with Crippen LogP contribution in [0.25, 0.3) is 51.3 Å². The second-order valence-electron chi connectivity index (χ2n) is 8.74.